The van der Waals surface area contributed by atoms with Gasteiger partial charge in [0.1, 0.15) is 0 Å². The summed E-state index contributed by atoms with van der Waals surface area (Å²) in [6.45, 7) is 15.9. The van der Waals surface area contributed by atoms with Crippen LogP contribution in [0.15, 0.2) is 0 Å². The summed E-state index contributed by atoms with van der Waals surface area (Å²) in [6, 6.07) is 0. The molecule has 1 rings (SSSR count). The van der Waals surface area contributed by atoms with Gasteiger partial charge in [0.05, 0.1) is 6.61 Å². The van der Waals surface area contributed by atoms with Gasteiger partial charge in [0.2, 0.25) is 0 Å². The van der Waals surface area contributed by atoms with E-state index in [4.69, 9.17) is 4.74 Å². The van der Waals surface area contributed by atoms with Crippen LogP contribution in [0.2, 0.25) is 0 Å². The summed E-state index contributed by atoms with van der Waals surface area (Å²) in [5.41, 5.74) is 0.828. The maximum Gasteiger partial charge on any atom is 0.0502 e. The Bertz CT molecular complexity index is 182. The summed E-state index contributed by atoms with van der Waals surface area (Å²) < 4.78 is 5.64. The molecule has 14 heavy (non-hydrogen) atoms. The second kappa shape index (κ2) is 3.84. The quantitative estimate of drug-likeness (QED) is 0.624. The van der Waals surface area contributed by atoms with E-state index in [9.17, 15) is 0 Å². The van der Waals surface area contributed by atoms with Crippen molar-refractivity contribution in [2.75, 3.05) is 13.2 Å². The van der Waals surface area contributed by atoms with E-state index in [0.717, 1.165) is 25.0 Å². The zero-order valence-electron chi connectivity index (χ0n) is 10.7. The molecule has 1 fully saturated rings. The lowest BCUT2D eigenvalue weighted by Crippen LogP contribution is -2.29. The van der Waals surface area contributed by atoms with E-state index < -0.39 is 0 Å². The zero-order valence-corrected chi connectivity index (χ0v) is 10.7. The van der Waals surface area contributed by atoms with Gasteiger partial charge < -0.3 is 4.74 Å². The second-order valence-electron chi connectivity index (χ2n) is 7.03. The monoisotopic (exact) mass is 198 g/mol. The lowest BCUT2D eigenvalue weighted by molar-refractivity contribution is 0.147. The zero-order chi connectivity index (χ0) is 11.0. The van der Waals surface area contributed by atoms with Crippen molar-refractivity contribution in [2.24, 2.45) is 22.7 Å². The summed E-state index contributed by atoms with van der Waals surface area (Å²) in [7, 11) is 0. The smallest absolute Gasteiger partial charge is 0.0502 e. The molecule has 1 nitrogen and oxygen atoms in total. The Kier molecular flexibility index (Phi) is 3.30. The Morgan fingerprint density at radius 3 is 2.00 bits per heavy atom. The summed E-state index contributed by atoms with van der Waals surface area (Å²) in [6.07, 6.45) is 1.29. The third-order valence-corrected chi connectivity index (χ3v) is 3.19. The van der Waals surface area contributed by atoms with E-state index in [1.54, 1.807) is 0 Å². The largest absolute Gasteiger partial charge is 0.381 e. The molecular weight excluding hydrogens is 172 g/mol. The average molecular weight is 198 g/mol. The van der Waals surface area contributed by atoms with Gasteiger partial charge in [0.25, 0.3) is 0 Å². The van der Waals surface area contributed by atoms with E-state index in [2.05, 4.69) is 41.5 Å². The van der Waals surface area contributed by atoms with Crippen LogP contribution in [0.3, 0.4) is 0 Å². The molecule has 0 N–H and O–H groups in total. The third-order valence-electron chi connectivity index (χ3n) is 3.19. The van der Waals surface area contributed by atoms with Gasteiger partial charge >= 0.3 is 0 Å². The first-order valence-corrected chi connectivity index (χ1v) is 5.78. The second-order valence-corrected chi connectivity index (χ2v) is 7.03. The highest BCUT2D eigenvalue weighted by Crippen LogP contribution is 2.41. The predicted octanol–water partition coefficient (Wildman–Crippen LogP) is 3.73. The van der Waals surface area contributed by atoms with Crippen molar-refractivity contribution >= 4 is 0 Å². The van der Waals surface area contributed by atoms with Crippen LogP contribution in [0.1, 0.15) is 48.0 Å². The van der Waals surface area contributed by atoms with Crippen molar-refractivity contribution in [3.05, 3.63) is 0 Å². The van der Waals surface area contributed by atoms with Crippen molar-refractivity contribution in [3.8, 4) is 0 Å². The summed E-state index contributed by atoms with van der Waals surface area (Å²) >= 11 is 0. The Labute approximate surface area is 89.2 Å². The standard InChI is InChI=1S/C13H26O/c1-12(2,3)7-10-8-14-9-11(10)13(4,5)6/h10-11H,7-9H2,1-6H3/t10-,11-/m0/s1. The molecule has 0 aromatic carbocycles. The lowest BCUT2D eigenvalue weighted by Gasteiger charge is -2.33. The van der Waals surface area contributed by atoms with Crippen molar-refractivity contribution < 1.29 is 4.74 Å². The molecule has 0 amide bonds. The molecule has 1 heterocycles. The van der Waals surface area contributed by atoms with E-state index in [-0.39, 0.29) is 0 Å². The van der Waals surface area contributed by atoms with Crippen LogP contribution in [0, 0.1) is 22.7 Å². The molecule has 0 spiro atoms. The molecule has 2 atom stereocenters. The third kappa shape index (κ3) is 3.27. The van der Waals surface area contributed by atoms with Gasteiger partial charge in [0, 0.05) is 6.61 Å². The van der Waals surface area contributed by atoms with Crippen LogP contribution in [0.5, 0.6) is 0 Å². The van der Waals surface area contributed by atoms with Gasteiger partial charge in [-0.2, -0.15) is 0 Å². The lowest BCUT2D eigenvalue weighted by atomic mass is 9.70. The Morgan fingerprint density at radius 1 is 1.00 bits per heavy atom. The Morgan fingerprint density at radius 2 is 1.57 bits per heavy atom. The van der Waals surface area contributed by atoms with E-state index >= 15 is 0 Å². The highest BCUT2D eigenvalue weighted by molar-refractivity contribution is 4.86. The highest BCUT2D eigenvalue weighted by Gasteiger charge is 2.38. The van der Waals surface area contributed by atoms with E-state index in [1.807, 2.05) is 0 Å². The summed E-state index contributed by atoms with van der Waals surface area (Å²) in [5, 5.41) is 0. The summed E-state index contributed by atoms with van der Waals surface area (Å²) in [5.74, 6) is 1.50. The predicted molar refractivity (Wildman–Crippen MR) is 61.3 cm³/mol. The fourth-order valence-corrected chi connectivity index (χ4v) is 2.54. The minimum atomic E-state index is 0.395. The molecular formula is C13H26O. The summed E-state index contributed by atoms with van der Waals surface area (Å²) in [4.78, 5) is 0. The van der Waals surface area contributed by atoms with Gasteiger partial charge in [-0.3, -0.25) is 0 Å². The average Bonchev–Trinajstić information content (AvgIpc) is 2.29. The van der Waals surface area contributed by atoms with Crippen LogP contribution in [0.25, 0.3) is 0 Å². The van der Waals surface area contributed by atoms with Crippen LogP contribution in [-0.4, -0.2) is 13.2 Å². The molecule has 0 unspecified atom stereocenters. The van der Waals surface area contributed by atoms with Gasteiger partial charge in [0.15, 0.2) is 0 Å². The van der Waals surface area contributed by atoms with Gasteiger partial charge in [-0.1, -0.05) is 41.5 Å². The molecule has 0 aromatic heterocycles. The fraction of sp³-hybridized carbons (Fsp3) is 1.00. The van der Waals surface area contributed by atoms with E-state index in [0.29, 0.717) is 10.8 Å². The molecule has 84 valence electrons. The first-order chi connectivity index (χ1) is 6.20. The SMILES string of the molecule is CC(C)(C)C[C@H]1COC[C@@H]1C(C)(C)C. The molecule has 1 heteroatoms. The Hall–Kier alpha value is -0.0400. The number of ether oxygens (including phenoxy) is 1. The van der Waals surface area contributed by atoms with Crippen LogP contribution < -0.4 is 0 Å². The maximum absolute atomic E-state index is 5.64. The van der Waals surface area contributed by atoms with Gasteiger partial charge in [-0.15, -0.1) is 0 Å². The van der Waals surface area contributed by atoms with Gasteiger partial charge in [-0.05, 0) is 29.1 Å². The number of rotatable bonds is 1. The maximum atomic E-state index is 5.64. The highest BCUT2D eigenvalue weighted by atomic mass is 16.5. The fourth-order valence-electron chi connectivity index (χ4n) is 2.54. The minimum absolute atomic E-state index is 0.395. The molecule has 0 bridgehead atoms. The molecule has 1 aliphatic heterocycles. The van der Waals surface area contributed by atoms with Crippen LogP contribution >= 0.6 is 0 Å². The van der Waals surface area contributed by atoms with Gasteiger partial charge in [-0.25, -0.2) is 0 Å². The van der Waals surface area contributed by atoms with Crippen LogP contribution in [-0.2, 0) is 4.74 Å². The molecule has 0 aromatic rings. The molecule has 0 aliphatic carbocycles. The molecule has 0 saturated carbocycles. The van der Waals surface area contributed by atoms with Crippen molar-refractivity contribution in [2.45, 2.75) is 48.0 Å². The molecule has 1 aliphatic rings. The van der Waals surface area contributed by atoms with Crippen molar-refractivity contribution in [1.29, 1.82) is 0 Å². The topological polar surface area (TPSA) is 9.23 Å². The Balaban J connectivity index is 2.61. The van der Waals surface area contributed by atoms with E-state index in [1.165, 1.54) is 6.42 Å². The van der Waals surface area contributed by atoms with Crippen molar-refractivity contribution in [1.82, 2.24) is 0 Å². The molecule has 1 saturated heterocycles. The number of hydrogen-bond acceptors (Lipinski definition) is 1. The first-order valence-electron chi connectivity index (χ1n) is 5.78. The first kappa shape index (κ1) is 12.0. The normalized spacial score (nSPS) is 29.6. The van der Waals surface area contributed by atoms with Crippen molar-refractivity contribution in [3.63, 3.8) is 0 Å². The van der Waals surface area contributed by atoms with Crippen LogP contribution in [0.4, 0.5) is 0 Å². The number of hydrogen-bond donors (Lipinski definition) is 0. The molecule has 0 radical (unpaired) electrons. The minimum Gasteiger partial charge on any atom is -0.381 e.